The Labute approximate surface area is 181 Å². The summed E-state index contributed by atoms with van der Waals surface area (Å²) in [6.45, 7) is 3.77. The summed E-state index contributed by atoms with van der Waals surface area (Å²) in [5.41, 5.74) is 0.808. The van der Waals surface area contributed by atoms with Crippen molar-refractivity contribution in [3.8, 4) is 6.07 Å². The van der Waals surface area contributed by atoms with Crippen LogP contribution in [0.3, 0.4) is 0 Å². The van der Waals surface area contributed by atoms with E-state index in [1.807, 2.05) is 23.1 Å². The number of pyridine rings is 1. The first-order valence-electron chi connectivity index (χ1n) is 10.9. The molecule has 1 aromatic heterocycles. The minimum absolute atomic E-state index is 0.0687. The molecule has 1 N–H and O–H groups in total. The molecule has 0 spiro atoms. The molecule has 2 saturated heterocycles. The maximum atomic E-state index is 14.2. The summed E-state index contributed by atoms with van der Waals surface area (Å²) in [4.78, 5) is 21.8. The number of nitrogens with one attached hydrogen (secondary N) is 1. The van der Waals surface area contributed by atoms with Crippen molar-refractivity contribution in [2.75, 3.05) is 24.5 Å². The molecule has 2 aromatic rings. The summed E-state index contributed by atoms with van der Waals surface area (Å²) in [6, 6.07) is 13.1. The molecule has 3 fully saturated rings. The lowest BCUT2D eigenvalue weighted by atomic mass is 10.0. The third-order valence-electron chi connectivity index (χ3n) is 7.10. The number of benzene rings is 1. The van der Waals surface area contributed by atoms with E-state index in [1.54, 1.807) is 18.3 Å². The highest BCUT2D eigenvalue weighted by Crippen LogP contribution is 2.46. The Morgan fingerprint density at radius 1 is 1.29 bits per heavy atom. The van der Waals surface area contributed by atoms with E-state index in [4.69, 9.17) is 5.26 Å². The molecular formula is C24H26FN5O. The molecular weight excluding hydrogens is 393 g/mol. The molecule has 2 unspecified atom stereocenters. The Morgan fingerprint density at radius 2 is 2.10 bits per heavy atom. The number of amides is 1. The fraction of sp³-hybridized carbons (Fsp3) is 0.458. The molecule has 160 valence electrons. The van der Waals surface area contributed by atoms with Crippen LogP contribution < -0.4 is 10.2 Å². The SMILES string of the molecule is C[C@H]1CC2CN(C(=O)CNC3(c4ccccc4F)CC3)CC1N2c1ccc(C#N)cn1. The molecule has 6 nitrogen and oxygen atoms in total. The molecule has 0 radical (unpaired) electrons. The second kappa shape index (κ2) is 7.61. The van der Waals surface area contributed by atoms with E-state index in [0.29, 0.717) is 30.1 Å². The zero-order valence-corrected chi connectivity index (χ0v) is 17.6. The van der Waals surface area contributed by atoms with Crippen LogP contribution in [-0.2, 0) is 10.3 Å². The van der Waals surface area contributed by atoms with Gasteiger partial charge in [0.05, 0.1) is 18.2 Å². The summed E-state index contributed by atoms with van der Waals surface area (Å²) in [5.74, 6) is 1.19. The van der Waals surface area contributed by atoms with E-state index in [9.17, 15) is 9.18 Å². The van der Waals surface area contributed by atoms with Gasteiger partial charge in [0.2, 0.25) is 5.91 Å². The van der Waals surface area contributed by atoms with Gasteiger partial charge >= 0.3 is 0 Å². The van der Waals surface area contributed by atoms with Crippen LogP contribution in [-0.4, -0.2) is 47.5 Å². The van der Waals surface area contributed by atoms with E-state index in [2.05, 4.69) is 28.2 Å². The molecule has 1 amide bonds. The number of piperazine rings is 1. The largest absolute Gasteiger partial charge is 0.347 e. The molecule has 3 aliphatic rings. The van der Waals surface area contributed by atoms with E-state index < -0.39 is 5.54 Å². The minimum atomic E-state index is -0.401. The number of nitriles is 1. The van der Waals surface area contributed by atoms with Crippen LogP contribution in [0.4, 0.5) is 10.2 Å². The van der Waals surface area contributed by atoms with Crippen molar-refractivity contribution in [3.05, 3.63) is 59.5 Å². The monoisotopic (exact) mass is 419 g/mol. The van der Waals surface area contributed by atoms with Gasteiger partial charge in [-0.3, -0.25) is 10.1 Å². The number of hydrogen-bond acceptors (Lipinski definition) is 5. The first-order chi connectivity index (χ1) is 15.0. The summed E-state index contributed by atoms with van der Waals surface area (Å²) in [6.07, 6.45) is 4.32. The van der Waals surface area contributed by atoms with Crippen molar-refractivity contribution in [1.82, 2.24) is 15.2 Å². The highest BCUT2D eigenvalue weighted by Gasteiger charge is 2.48. The topological polar surface area (TPSA) is 72.3 Å². The Hall–Kier alpha value is -2.98. The average molecular weight is 420 g/mol. The third-order valence-corrected chi connectivity index (χ3v) is 7.10. The fourth-order valence-electron chi connectivity index (χ4n) is 5.27. The summed E-state index contributed by atoms with van der Waals surface area (Å²) in [7, 11) is 0. The van der Waals surface area contributed by atoms with Crippen LogP contribution in [0, 0.1) is 23.1 Å². The molecule has 31 heavy (non-hydrogen) atoms. The third kappa shape index (κ3) is 3.55. The predicted octanol–water partition coefficient (Wildman–Crippen LogP) is 2.80. The van der Waals surface area contributed by atoms with Gasteiger partial charge in [-0.15, -0.1) is 0 Å². The highest BCUT2D eigenvalue weighted by molar-refractivity contribution is 5.79. The van der Waals surface area contributed by atoms with Gasteiger partial charge in [-0.2, -0.15) is 5.26 Å². The van der Waals surface area contributed by atoms with E-state index >= 15 is 0 Å². The van der Waals surface area contributed by atoms with Crippen molar-refractivity contribution in [2.45, 2.75) is 43.8 Å². The van der Waals surface area contributed by atoms with Gasteiger partial charge in [0.1, 0.15) is 17.7 Å². The van der Waals surface area contributed by atoms with Crippen LogP contribution in [0.2, 0.25) is 0 Å². The maximum Gasteiger partial charge on any atom is 0.236 e. The number of anilines is 1. The summed E-state index contributed by atoms with van der Waals surface area (Å²) >= 11 is 0. The van der Waals surface area contributed by atoms with Crippen LogP contribution in [0.15, 0.2) is 42.6 Å². The number of likely N-dealkylation sites (tertiary alicyclic amines) is 1. The molecule has 2 aliphatic heterocycles. The van der Waals surface area contributed by atoms with Crippen molar-refractivity contribution in [3.63, 3.8) is 0 Å². The van der Waals surface area contributed by atoms with Crippen LogP contribution >= 0.6 is 0 Å². The number of rotatable bonds is 5. The Kier molecular flexibility index (Phi) is 4.90. The number of aromatic nitrogens is 1. The average Bonchev–Trinajstić information content (AvgIpc) is 3.54. The predicted molar refractivity (Wildman–Crippen MR) is 115 cm³/mol. The molecule has 5 rings (SSSR count). The van der Waals surface area contributed by atoms with Gasteiger partial charge in [0.15, 0.2) is 0 Å². The van der Waals surface area contributed by atoms with E-state index in [1.165, 1.54) is 6.07 Å². The van der Waals surface area contributed by atoms with Gasteiger partial charge in [-0.1, -0.05) is 25.1 Å². The van der Waals surface area contributed by atoms with Gasteiger partial charge in [-0.25, -0.2) is 9.37 Å². The highest BCUT2D eigenvalue weighted by atomic mass is 19.1. The minimum Gasteiger partial charge on any atom is -0.347 e. The number of hydrogen-bond donors (Lipinski definition) is 1. The Morgan fingerprint density at radius 3 is 2.74 bits per heavy atom. The fourth-order valence-corrected chi connectivity index (χ4v) is 5.27. The zero-order valence-electron chi connectivity index (χ0n) is 17.6. The van der Waals surface area contributed by atoms with Gasteiger partial charge in [0, 0.05) is 36.4 Å². The molecule has 1 aromatic carbocycles. The van der Waals surface area contributed by atoms with Gasteiger partial charge in [0.25, 0.3) is 0 Å². The lowest BCUT2D eigenvalue weighted by Gasteiger charge is -2.42. The lowest BCUT2D eigenvalue weighted by Crippen LogP contribution is -2.58. The number of fused-ring (bicyclic) bond motifs is 2. The number of carbonyl (C=O) groups is 1. The number of carbonyl (C=O) groups excluding carboxylic acids is 1. The maximum absolute atomic E-state index is 14.2. The van der Waals surface area contributed by atoms with E-state index in [0.717, 1.165) is 25.1 Å². The van der Waals surface area contributed by atoms with E-state index in [-0.39, 0.29) is 30.4 Å². The van der Waals surface area contributed by atoms with Crippen LogP contribution in [0.5, 0.6) is 0 Å². The van der Waals surface area contributed by atoms with Gasteiger partial charge in [-0.05, 0) is 43.4 Å². The second-order valence-electron chi connectivity index (χ2n) is 9.07. The Balaban J connectivity index is 1.25. The van der Waals surface area contributed by atoms with Crippen molar-refractivity contribution in [1.29, 1.82) is 5.26 Å². The molecule has 3 heterocycles. The van der Waals surface area contributed by atoms with Gasteiger partial charge < -0.3 is 9.80 Å². The standard InChI is InChI=1S/C24H26FN5O/c1-16-10-18-14-29(15-21(16)30(18)22-7-6-17(11-26)12-27-22)23(31)13-28-24(8-9-24)19-4-2-3-5-20(19)25/h2-7,12,16,18,21,28H,8-10,13-15H2,1H3/t16-,18?,21?/m0/s1. The lowest BCUT2D eigenvalue weighted by molar-refractivity contribution is -0.131. The molecule has 7 heteroatoms. The summed E-state index contributed by atoms with van der Waals surface area (Å²) < 4.78 is 14.2. The number of halogens is 1. The molecule has 1 saturated carbocycles. The molecule has 1 aliphatic carbocycles. The smallest absolute Gasteiger partial charge is 0.236 e. The summed E-state index contributed by atoms with van der Waals surface area (Å²) in [5, 5.41) is 12.4. The normalized spacial score (nSPS) is 25.9. The molecule has 3 atom stereocenters. The van der Waals surface area contributed by atoms with Crippen molar-refractivity contribution >= 4 is 11.7 Å². The zero-order chi connectivity index (χ0) is 21.6. The van der Waals surface area contributed by atoms with Crippen molar-refractivity contribution < 1.29 is 9.18 Å². The quantitative estimate of drug-likeness (QED) is 0.807. The second-order valence-corrected chi connectivity index (χ2v) is 9.07. The first kappa shape index (κ1) is 20.0. The van der Waals surface area contributed by atoms with Crippen LogP contribution in [0.25, 0.3) is 0 Å². The van der Waals surface area contributed by atoms with Crippen LogP contribution in [0.1, 0.15) is 37.3 Å². The first-order valence-corrected chi connectivity index (χ1v) is 10.9. The number of nitrogens with zero attached hydrogens (tertiary/aromatic N) is 4. The van der Waals surface area contributed by atoms with Crippen molar-refractivity contribution in [2.24, 2.45) is 5.92 Å². The Bertz CT molecular complexity index is 1030. The molecule has 2 bridgehead atoms.